The van der Waals surface area contributed by atoms with E-state index in [0.717, 1.165) is 16.2 Å². The Morgan fingerprint density at radius 3 is 2.29 bits per heavy atom. The van der Waals surface area contributed by atoms with E-state index in [1.165, 1.54) is 11.1 Å². The molecule has 0 bridgehead atoms. The highest BCUT2D eigenvalue weighted by Gasteiger charge is 2.32. The Balaban J connectivity index is 2.10. The van der Waals surface area contributed by atoms with E-state index in [4.69, 9.17) is 16.3 Å². The third kappa shape index (κ3) is 2.71. The van der Waals surface area contributed by atoms with Crippen LogP contribution in [0, 0.1) is 5.41 Å². The maximum absolute atomic E-state index is 6.07. The molecule has 1 unspecified atom stereocenters. The highest BCUT2D eigenvalue weighted by molar-refractivity contribution is 6.30. The summed E-state index contributed by atoms with van der Waals surface area (Å²) >= 11 is 5.98. The molecule has 1 atom stereocenters. The lowest BCUT2D eigenvalue weighted by Gasteiger charge is -2.35. The number of halogens is 1. The normalized spacial score (nSPS) is 17.7. The minimum atomic E-state index is 0.0537. The molecule has 1 aliphatic rings. The summed E-state index contributed by atoms with van der Waals surface area (Å²) in [7, 11) is 0. The summed E-state index contributed by atoms with van der Waals surface area (Å²) in [6.07, 6.45) is 1.96. The SMILES string of the molecule is CC(C)(C)C1OC=C(c2ccc(Cl)cc2)c2ccccc21. The number of ether oxygens (including phenoxy) is 1. The van der Waals surface area contributed by atoms with Crippen molar-refractivity contribution in [3.05, 3.63) is 76.5 Å². The van der Waals surface area contributed by atoms with Gasteiger partial charge in [-0.25, -0.2) is 0 Å². The molecular formula is C19H19ClO. The number of hydrogen-bond donors (Lipinski definition) is 0. The fourth-order valence-corrected chi connectivity index (χ4v) is 2.89. The third-order valence-electron chi connectivity index (χ3n) is 3.80. The van der Waals surface area contributed by atoms with Crippen molar-refractivity contribution < 1.29 is 4.74 Å². The average molecular weight is 299 g/mol. The fraction of sp³-hybridized carbons (Fsp3) is 0.263. The standard InChI is InChI=1S/C19H19ClO/c1-19(2,3)18-16-7-5-4-6-15(16)17(12-21-18)13-8-10-14(20)11-9-13/h4-12,18H,1-3H3. The molecule has 1 nitrogen and oxygen atoms in total. The van der Waals surface area contributed by atoms with Crippen molar-refractivity contribution in [3.63, 3.8) is 0 Å². The van der Waals surface area contributed by atoms with Crippen LogP contribution in [0.3, 0.4) is 0 Å². The molecule has 1 heterocycles. The second-order valence-corrected chi connectivity index (χ2v) is 6.94. The van der Waals surface area contributed by atoms with E-state index < -0.39 is 0 Å². The molecule has 21 heavy (non-hydrogen) atoms. The highest BCUT2D eigenvalue weighted by Crippen LogP contribution is 2.44. The Labute approximate surface area is 131 Å². The molecule has 0 N–H and O–H groups in total. The van der Waals surface area contributed by atoms with Crippen molar-refractivity contribution in [2.75, 3.05) is 0 Å². The predicted octanol–water partition coefficient (Wildman–Crippen LogP) is 5.85. The molecule has 0 radical (unpaired) electrons. The lowest BCUT2D eigenvalue weighted by atomic mass is 9.80. The van der Waals surface area contributed by atoms with Gasteiger partial charge < -0.3 is 4.74 Å². The van der Waals surface area contributed by atoms with E-state index in [-0.39, 0.29) is 11.5 Å². The van der Waals surface area contributed by atoms with Gasteiger partial charge in [0.15, 0.2) is 0 Å². The molecule has 2 heteroatoms. The van der Waals surface area contributed by atoms with Crippen molar-refractivity contribution in [2.24, 2.45) is 5.41 Å². The van der Waals surface area contributed by atoms with E-state index in [0.29, 0.717) is 0 Å². The zero-order valence-corrected chi connectivity index (χ0v) is 13.3. The Morgan fingerprint density at radius 1 is 0.952 bits per heavy atom. The van der Waals surface area contributed by atoms with E-state index in [9.17, 15) is 0 Å². The molecule has 0 aliphatic carbocycles. The summed E-state index contributed by atoms with van der Waals surface area (Å²) < 4.78 is 6.07. The molecule has 2 aromatic carbocycles. The molecule has 0 amide bonds. The summed E-state index contributed by atoms with van der Waals surface area (Å²) in [4.78, 5) is 0. The maximum Gasteiger partial charge on any atom is 0.128 e. The van der Waals surface area contributed by atoms with Gasteiger partial charge >= 0.3 is 0 Å². The number of rotatable bonds is 1. The van der Waals surface area contributed by atoms with E-state index in [1.54, 1.807) is 0 Å². The Morgan fingerprint density at radius 2 is 1.62 bits per heavy atom. The summed E-state index contributed by atoms with van der Waals surface area (Å²) in [6, 6.07) is 16.4. The van der Waals surface area contributed by atoms with Crippen LogP contribution in [0.1, 0.15) is 43.6 Å². The molecular weight excluding hydrogens is 280 g/mol. The number of fused-ring (bicyclic) bond motifs is 1. The van der Waals surface area contributed by atoms with Crippen LogP contribution in [0.25, 0.3) is 5.57 Å². The predicted molar refractivity (Wildman–Crippen MR) is 88.3 cm³/mol. The van der Waals surface area contributed by atoms with Gasteiger partial charge in [0.1, 0.15) is 6.10 Å². The quantitative estimate of drug-likeness (QED) is 0.642. The van der Waals surface area contributed by atoms with Crippen molar-refractivity contribution >= 4 is 17.2 Å². The fourth-order valence-electron chi connectivity index (χ4n) is 2.77. The molecule has 1 aliphatic heterocycles. The van der Waals surface area contributed by atoms with Crippen LogP contribution in [-0.4, -0.2) is 0 Å². The number of benzene rings is 2. The van der Waals surface area contributed by atoms with Crippen LogP contribution in [0.5, 0.6) is 0 Å². The zero-order chi connectivity index (χ0) is 15.0. The van der Waals surface area contributed by atoms with E-state index in [2.05, 4.69) is 45.0 Å². The topological polar surface area (TPSA) is 9.23 Å². The van der Waals surface area contributed by atoms with Crippen LogP contribution in [0.2, 0.25) is 5.02 Å². The smallest absolute Gasteiger partial charge is 0.128 e. The summed E-state index contributed by atoms with van der Waals surface area (Å²) in [5.41, 5.74) is 4.78. The molecule has 0 fully saturated rings. The molecule has 108 valence electrons. The summed E-state index contributed by atoms with van der Waals surface area (Å²) in [5.74, 6) is 0. The first kappa shape index (κ1) is 14.2. The molecule has 0 spiro atoms. The largest absolute Gasteiger partial charge is 0.492 e. The van der Waals surface area contributed by atoms with Gasteiger partial charge in [-0.2, -0.15) is 0 Å². The molecule has 2 aromatic rings. The van der Waals surface area contributed by atoms with Crippen molar-refractivity contribution in [1.29, 1.82) is 0 Å². The van der Waals surface area contributed by atoms with Crippen molar-refractivity contribution in [3.8, 4) is 0 Å². The lowest BCUT2D eigenvalue weighted by Crippen LogP contribution is -2.23. The van der Waals surface area contributed by atoms with E-state index >= 15 is 0 Å². The highest BCUT2D eigenvalue weighted by atomic mass is 35.5. The van der Waals surface area contributed by atoms with E-state index in [1.807, 2.05) is 30.5 Å². The van der Waals surface area contributed by atoms with Crippen molar-refractivity contribution in [1.82, 2.24) is 0 Å². The van der Waals surface area contributed by atoms with Gasteiger partial charge in [-0.05, 0) is 23.3 Å². The van der Waals surface area contributed by atoms with Crippen LogP contribution in [0.4, 0.5) is 0 Å². The van der Waals surface area contributed by atoms with Gasteiger partial charge in [0, 0.05) is 21.6 Å². The van der Waals surface area contributed by atoms with Gasteiger partial charge in [0.05, 0.1) is 6.26 Å². The van der Waals surface area contributed by atoms with Gasteiger partial charge in [0.2, 0.25) is 0 Å². The first-order valence-corrected chi connectivity index (χ1v) is 7.55. The Kier molecular flexibility index (Phi) is 3.54. The van der Waals surface area contributed by atoms with Gasteiger partial charge in [-0.1, -0.05) is 68.8 Å². The molecule has 0 aromatic heterocycles. The van der Waals surface area contributed by atoms with Crippen LogP contribution < -0.4 is 0 Å². The molecule has 0 saturated carbocycles. The summed E-state index contributed by atoms with van der Waals surface area (Å²) in [5, 5.41) is 0.747. The first-order chi connectivity index (χ1) is 9.97. The first-order valence-electron chi connectivity index (χ1n) is 7.18. The Hall–Kier alpha value is -1.73. The second-order valence-electron chi connectivity index (χ2n) is 6.51. The minimum Gasteiger partial charge on any atom is -0.492 e. The van der Waals surface area contributed by atoms with Crippen LogP contribution in [0.15, 0.2) is 54.8 Å². The maximum atomic E-state index is 6.07. The van der Waals surface area contributed by atoms with Gasteiger partial charge in [0.25, 0.3) is 0 Å². The zero-order valence-electron chi connectivity index (χ0n) is 12.6. The molecule has 3 rings (SSSR count). The monoisotopic (exact) mass is 298 g/mol. The Bertz CT molecular complexity index is 677. The summed E-state index contributed by atoms with van der Waals surface area (Å²) in [6.45, 7) is 6.61. The van der Waals surface area contributed by atoms with Gasteiger partial charge in [-0.3, -0.25) is 0 Å². The van der Waals surface area contributed by atoms with Crippen LogP contribution in [-0.2, 0) is 4.74 Å². The van der Waals surface area contributed by atoms with Crippen molar-refractivity contribution in [2.45, 2.75) is 26.9 Å². The molecule has 0 saturated heterocycles. The average Bonchev–Trinajstić information content (AvgIpc) is 2.46. The lowest BCUT2D eigenvalue weighted by molar-refractivity contribution is 0.0423. The van der Waals surface area contributed by atoms with Crippen LogP contribution >= 0.6 is 11.6 Å². The number of hydrogen-bond acceptors (Lipinski definition) is 1. The second kappa shape index (κ2) is 5.23. The van der Waals surface area contributed by atoms with Gasteiger partial charge in [-0.15, -0.1) is 0 Å². The minimum absolute atomic E-state index is 0.0537. The third-order valence-corrected chi connectivity index (χ3v) is 4.05.